The first-order chi connectivity index (χ1) is 9.36. The van der Waals surface area contributed by atoms with Gasteiger partial charge in [0.25, 0.3) is 0 Å². The van der Waals surface area contributed by atoms with Crippen molar-refractivity contribution in [1.29, 1.82) is 0 Å². The van der Waals surface area contributed by atoms with Gasteiger partial charge in [0.2, 0.25) is 0 Å². The highest BCUT2D eigenvalue weighted by Crippen LogP contribution is 2.18. The molecule has 0 N–H and O–H groups in total. The predicted molar refractivity (Wildman–Crippen MR) is 79.3 cm³/mol. The molecule has 0 amide bonds. The molecule has 3 aromatic rings. The number of hydrogen-bond donors (Lipinski definition) is 0. The number of para-hydroxylation sites is 1. The van der Waals surface area contributed by atoms with Gasteiger partial charge in [-0.3, -0.25) is 4.79 Å². The molecule has 0 atom stereocenters. The molecule has 2 nitrogen and oxygen atoms in total. The molecule has 1 heterocycles. The Kier molecular flexibility index (Phi) is 4.14. The Morgan fingerprint density at radius 2 is 1.47 bits per heavy atom. The summed E-state index contributed by atoms with van der Waals surface area (Å²) >= 11 is 0. The van der Waals surface area contributed by atoms with Crippen LogP contribution in [0.15, 0.2) is 70.1 Å². The maximum absolute atomic E-state index is 12.3. The Bertz CT molecular complexity index is 712. The monoisotopic (exact) mass is 252 g/mol. The van der Waals surface area contributed by atoms with Gasteiger partial charge < -0.3 is 4.42 Å². The normalized spacial score (nSPS) is 9.79. The zero-order chi connectivity index (χ0) is 13.7. The maximum atomic E-state index is 12.3. The Balaban J connectivity index is 0.000000637. The smallest absolute Gasteiger partial charge is 0.200 e. The van der Waals surface area contributed by atoms with E-state index in [-0.39, 0.29) is 5.43 Å². The van der Waals surface area contributed by atoms with Crippen molar-refractivity contribution in [3.8, 4) is 11.1 Å². The summed E-state index contributed by atoms with van der Waals surface area (Å²) in [4.78, 5) is 12.3. The fraction of sp³-hybridized carbons (Fsp3) is 0.118. The molecule has 1 aromatic heterocycles. The van der Waals surface area contributed by atoms with E-state index in [0.717, 1.165) is 5.56 Å². The van der Waals surface area contributed by atoms with Gasteiger partial charge in [-0.05, 0) is 17.7 Å². The highest BCUT2D eigenvalue weighted by molar-refractivity contribution is 5.81. The van der Waals surface area contributed by atoms with Crippen LogP contribution in [0.3, 0.4) is 0 Å². The second-order valence-corrected chi connectivity index (χ2v) is 3.84. The Labute approximate surface area is 112 Å². The van der Waals surface area contributed by atoms with Crippen LogP contribution >= 0.6 is 0 Å². The summed E-state index contributed by atoms with van der Waals surface area (Å²) in [5.74, 6) is 0. The Hall–Kier alpha value is -2.35. The first-order valence-electron chi connectivity index (χ1n) is 6.42. The van der Waals surface area contributed by atoms with E-state index in [1.54, 1.807) is 12.1 Å². The molecule has 0 bridgehead atoms. The third-order valence-corrected chi connectivity index (χ3v) is 2.76. The number of rotatable bonds is 1. The van der Waals surface area contributed by atoms with Crippen LogP contribution < -0.4 is 5.43 Å². The van der Waals surface area contributed by atoms with E-state index in [0.29, 0.717) is 16.5 Å². The van der Waals surface area contributed by atoms with Crippen molar-refractivity contribution in [2.24, 2.45) is 0 Å². The topological polar surface area (TPSA) is 30.2 Å². The Morgan fingerprint density at radius 3 is 2.21 bits per heavy atom. The summed E-state index contributed by atoms with van der Waals surface area (Å²) < 4.78 is 5.48. The molecule has 0 radical (unpaired) electrons. The van der Waals surface area contributed by atoms with Gasteiger partial charge in [-0.1, -0.05) is 56.3 Å². The van der Waals surface area contributed by atoms with Gasteiger partial charge in [0.15, 0.2) is 5.43 Å². The van der Waals surface area contributed by atoms with Crippen LogP contribution in [0.5, 0.6) is 0 Å². The molecule has 0 fully saturated rings. The molecule has 19 heavy (non-hydrogen) atoms. The van der Waals surface area contributed by atoms with Crippen LogP contribution in [0.2, 0.25) is 0 Å². The number of fused-ring (bicyclic) bond motifs is 1. The van der Waals surface area contributed by atoms with Crippen LogP contribution in [-0.4, -0.2) is 0 Å². The van der Waals surface area contributed by atoms with Crippen LogP contribution in [-0.2, 0) is 0 Å². The lowest BCUT2D eigenvalue weighted by Crippen LogP contribution is -2.04. The molecular weight excluding hydrogens is 236 g/mol. The molecule has 0 aliphatic heterocycles. The van der Waals surface area contributed by atoms with E-state index in [9.17, 15) is 4.79 Å². The average molecular weight is 252 g/mol. The second kappa shape index (κ2) is 6.01. The lowest BCUT2D eigenvalue weighted by atomic mass is 10.1. The molecular formula is C17H16O2. The molecule has 0 unspecified atom stereocenters. The quantitative estimate of drug-likeness (QED) is 0.639. The molecule has 0 saturated heterocycles. The minimum absolute atomic E-state index is 0.0121. The summed E-state index contributed by atoms with van der Waals surface area (Å²) in [6.07, 6.45) is 1.53. The largest absolute Gasteiger partial charge is 0.463 e. The van der Waals surface area contributed by atoms with Crippen molar-refractivity contribution < 1.29 is 4.42 Å². The fourth-order valence-corrected chi connectivity index (χ4v) is 1.89. The van der Waals surface area contributed by atoms with Crippen LogP contribution in [0.4, 0.5) is 0 Å². The molecule has 3 rings (SSSR count). The molecule has 2 aromatic carbocycles. The fourth-order valence-electron chi connectivity index (χ4n) is 1.89. The van der Waals surface area contributed by atoms with Gasteiger partial charge in [0.1, 0.15) is 11.8 Å². The molecule has 0 saturated carbocycles. The minimum atomic E-state index is 0.0121. The Morgan fingerprint density at radius 1 is 0.842 bits per heavy atom. The van der Waals surface area contributed by atoms with Crippen molar-refractivity contribution in [3.63, 3.8) is 0 Å². The van der Waals surface area contributed by atoms with Gasteiger partial charge in [0.05, 0.1) is 10.9 Å². The standard InChI is InChI=1S/C15H10O2.C2H6/c16-15-12-8-4-5-9-14(12)17-10-13(15)11-6-2-1-3-7-11;1-2/h1-10H;1-2H3. The van der Waals surface area contributed by atoms with E-state index < -0.39 is 0 Å². The lowest BCUT2D eigenvalue weighted by Gasteiger charge is -2.01. The summed E-state index contributed by atoms with van der Waals surface area (Å²) in [5.41, 5.74) is 2.12. The summed E-state index contributed by atoms with van der Waals surface area (Å²) in [6.45, 7) is 4.00. The molecule has 0 aliphatic carbocycles. The SMILES string of the molecule is CC.O=c1c(-c2ccccc2)coc2ccccc12. The lowest BCUT2D eigenvalue weighted by molar-refractivity contribution is 0.604. The van der Waals surface area contributed by atoms with Crippen molar-refractivity contribution in [3.05, 3.63) is 71.1 Å². The van der Waals surface area contributed by atoms with Crippen molar-refractivity contribution >= 4 is 11.0 Å². The van der Waals surface area contributed by atoms with Crippen molar-refractivity contribution in [2.45, 2.75) is 13.8 Å². The van der Waals surface area contributed by atoms with E-state index in [1.165, 1.54) is 6.26 Å². The summed E-state index contributed by atoms with van der Waals surface area (Å²) in [6, 6.07) is 16.8. The van der Waals surface area contributed by atoms with Crippen LogP contribution in [0.25, 0.3) is 22.1 Å². The first-order valence-corrected chi connectivity index (χ1v) is 6.42. The third-order valence-electron chi connectivity index (χ3n) is 2.76. The van der Waals surface area contributed by atoms with Gasteiger partial charge >= 0.3 is 0 Å². The first kappa shape index (κ1) is 13.1. The molecule has 0 aliphatic rings. The highest BCUT2D eigenvalue weighted by Gasteiger charge is 2.07. The van der Waals surface area contributed by atoms with Gasteiger partial charge in [0, 0.05) is 0 Å². The van der Waals surface area contributed by atoms with E-state index in [2.05, 4.69) is 0 Å². The van der Waals surface area contributed by atoms with Crippen LogP contribution in [0.1, 0.15) is 13.8 Å². The molecule has 2 heteroatoms. The van der Waals surface area contributed by atoms with Crippen LogP contribution in [0, 0.1) is 0 Å². The van der Waals surface area contributed by atoms with Gasteiger partial charge in [-0.2, -0.15) is 0 Å². The van der Waals surface area contributed by atoms with Crippen molar-refractivity contribution in [1.82, 2.24) is 0 Å². The predicted octanol–water partition coefficient (Wildman–Crippen LogP) is 4.49. The third kappa shape index (κ3) is 2.58. The summed E-state index contributed by atoms with van der Waals surface area (Å²) in [5, 5.41) is 0.619. The zero-order valence-corrected chi connectivity index (χ0v) is 11.1. The molecule has 0 spiro atoms. The van der Waals surface area contributed by atoms with Crippen molar-refractivity contribution in [2.75, 3.05) is 0 Å². The van der Waals surface area contributed by atoms with E-state index >= 15 is 0 Å². The second-order valence-electron chi connectivity index (χ2n) is 3.84. The van der Waals surface area contributed by atoms with Gasteiger partial charge in [-0.15, -0.1) is 0 Å². The van der Waals surface area contributed by atoms with E-state index in [4.69, 9.17) is 4.42 Å². The van der Waals surface area contributed by atoms with E-state index in [1.807, 2.05) is 56.3 Å². The summed E-state index contributed by atoms with van der Waals surface area (Å²) in [7, 11) is 0. The van der Waals surface area contributed by atoms with Gasteiger partial charge in [-0.25, -0.2) is 0 Å². The highest BCUT2D eigenvalue weighted by atomic mass is 16.3. The minimum Gasteiger partial charge on any atom is -0.463 e. The average Bonchev–Trinajstić information content (AvgIpc) is 2.51. The number of hydrogen-bond acceptors (Lipinski definition) is 2. The maximum Gasteiger partial charge on any atom is 0.200 e. The zero-order valence-electron chi connectivity index (χ0n) is 11.1. The molecule has 96 valence electrons. The number of benzene rings is 2.